The zero-order chi connectivity index (χ0) is 31.8. The number of ether oxygens (including phenoxy) is 1. The van der Waals surface area contributed by atoms with E-state index >= 15 is 0 Å². The van der Waals surface area contributed by atoms with Crippen molar-refractivity contribution in [3.8, 4) is 17.1 Å². The number of anilines is 1. The van der Waals surface area contributed by atoms with Crippen LogP contribution < -0.4 is 14.8 Å². The first-order valence-electron chi connectivity index (χ1n) is 15.0. The van der Waals surface area contributed by atoms with Crippen LogP contribution in [-0.2, 0) is 23.0 Å². The Morgan fingerprint density at radius 1 is 0.956 bits per heavy atom. The van der Waals surface area contributed by atoms with Gasteiger partial charge in [0.05, 0.1) is 22.6 Å². The van der Waals surface area contributed by atoms with Crippen molar-refractivity contribution in [2.75, 3.05) is 17.9 Å². The van der Waals surface area contributed by atoms with Gasteiger partial charge in [0.1, 0.15) is 0 Å². The molecule has 1 aliphatic carbocycles. The lowest BCUT2D eigenvalue weighted by Crippen LogP contribution is -2.26. The van der Waals surface area contributed by atoms with E-state index in [2.05, 4.69) is 20.0 Å². The van der Waals surface area contributed by atoms with E-state index in [1.807, 2.05) is 62.4 Å². The Balaban J connectivity index is 1.31. The van der Waals surface area contributed by atoms with E-state index in [0.29, 0.717) is 25.2 Å². The third-order valence-corrected chi connectivity index (χ3v) is 10.2. The van der Waals surface area contributed by atoms with Gasteiger partial charge in [0.2, 0.25) is 11.8 Å². The van der Waals surface area contributed by atoms with Crippen LogP contribution in [0.4, 0.5) is 19.1 Å². The molecule has 1 unspecified atom stereocenters. The molecule has 1 atom stereocenters. The molecule has 2 N–H and O–H groups in total. The molecule has 1 fully saturated rings. The minimum absolute atomic E-state index is 0.0908. The minimum atomic E-state index is -4.15. The number of nitrogens with one attached hydrogen (secondary N) is 2. The summed E-state index contributed by atoms with van der Waals surface area (Å²) in [7, 11) is -3.98. The Labute approximate surface area is 261 Å². The van der Waals surface area contributed by atoms with Crippen LogP contribution in [-0.4, -0.2) is 37.7 Å². The van der Waals surface area contributed by atoms with E-state index < -0.39 is 21.6 Å². The third kappa shape index (κ3) is 6.84. The average Bonchev–Trinajstić information content (AvgIpc) is 3.79. The van der Waals surface area contributed by atoms with Crippen LogP contribution in [0.15, 0.2) is 77.7 Å². The summed E-state index contributed by atoms with van der Waals surface area (Å²) in [5.41, 5.74) is 4.43. The summed E-state index contributed by atoms with van der Waals surface area (Å²) in [5, 5.41) is 3.41. The smallest absolute Gasteiger partial charge is 0.394 e. The zero-order valence-corrected chi connectivity index (χ0v) is 25.9. The molecule has 236 valence electrons. The average molecular weight is 637 g/mol. The van der Waals surface area contributed by atoms with Crippen LogP contribution in [0.2, 0.25) is 0 Å². The minimum Gasteiger partial charge on any atom is -0.477 e. The maximum Gasteiger partial charge on any atom is 0.394 e. The van der Waals surface area contributed by atoms with Crippen molar-refractivity contribution in [1.82, 2.24) is 15.3 Å². The molecule has 11 heteroatoms. The van der Waals surface area contributed by atoms with Crippen LogP contribution in [0.3, 0.4) is 0 Å². The standard InChI is InChI=1S/C34H35F3N4O3S/c1-22-5-3-6-23(2)31(22)29-18-30-40-32(39-29)41-45(42,43)28-8-4-7-25(17-28)19-38-20-27(21-44-30)26-11-9-24(10-12-26)13-14-33(15-16-33)34(35,36)37/h3-12,17-18,27,38H,13-16,19-21H2,1-2H3,(H,39,40,41). The summed E-state index contributed by atoms with van der Waals surface area (Å²) in [6, 6.07) is 22.0. The van der Waals surface area contributed by atoms with Gasteiger partial charge in [-0.25, -0.2) is 18.1 Å². The van der Waals surface area contributed by atoms with Crippen molar-refractivity contribution in [3.63, 3.8) is 0 Å². The number of benzene rings is 3. The van der Waals surface area contributed by atoms with Crippen LogP contribution in [0, 0.1) is 19.3 Å². The number of sulfonamides is 1. The summed E-state index contributed by atoms with van der Waals surface area (Å²) < 4.78 is 75.7. The van der Waals surface area contributed by atoms with Crippen molar-refractivity contribution in [3.05, 3.63) is 101 Å². The van der Waals surface area contributed by atoms with Gasteiger partial charge in [-0.2, -0.15) is 18.2 Å². The second-order valence-corrected chi connectivity index (χ2v) is 13.8. The molecule has 0 amide bonds. The van der Waals surface area contributed by atoms with Crippen molar-refractivity contribution in [2.24, 2.45) is 5.41 Å². The van der Waals surface area contributed by atoms with Crippen molar-refractivity contribution >= 4 is 16.0 Å². The number of hydrogen-bond acceptors (Lipinski definition) is 6. The number of fused-ring (bicyclic) bond motifs is 4. The lowest BCUT2D eigenvalue weighted by molar-refractivity contribution is -0.188. The fraction of sp³-hybridized carbons (Fsp3) is 0.353. The Morgan fingerprint density at radius 2 is 1.67 bits per heavy atom. The molecule has 6 rings (SSSR count). The third-order valence-electron chi connectivity index (χ3n) is 8.82. The molecule has 0 radical (unpaired) electrons. The summed E-state index contributed by atoms with van der Waals surface area (Å²) in [4.78, 5) is 9.09. The summed E-state index contributed by atoms with van der Waals surface area (Å²) >= 11 is 0. The number of hydrogen-bond donors (Lipinski definition) is 2. The highest BCUT2D eigenvalue weighted by molar-refractivity contribution is 7.92. The van der Waals surface area contributed by atoms with Gasteiger partial charge < -0.3 is 10.1 Å². The van der Waals surface area contributed by atoms with E-state index in [1.54, 1.807) is 18.2 Å². The molecule has 45 heavy (non-hydrogen) atoms. The second-order valence-electron chi connectivity index (χ2n) is 12.1. The number of aromatic nitrogens is 2. The number of halogens is 3. The largest absolute Gasteiger partial charge is 0.477 e. The van der Waals surface area contributed by atoms with E-state index in [1.165, 1.54) is 6.07 Å². The Kier molecular flexibility index (Phi) is 8.34. The van der Waals surface area contributed by atoms with Gasteiger partial charge in [0.15, 0.2) is 0 Å². The highest BCUT2D eigenvalue weighted by Gasteiger charge is 2.62. The van der Waals surface area contributed by atoms with Gasteiger partial charge in [-0.05, 0) is 79.5 Å². The molecule has 0 saturated heterocycles. The molecule has 1 saturated carbocycles. The molecule has 3 aromatic carbocycles. The van der Waals surface area contributed by atoms with Crippen molar-refractivity contribution < 1.29 is 26.3 Å². The van der Waals surface area contributed by atoms with Crippen molar-refractivity contribution in [1.29, 1.82) is 0 Å². The number of rotatable bonds is 5. The predicted octanol–water partition coefficient (Wildman–Crippen LogP) is 7.10. The summed E-state index contributed by atoms with van der Waals surface area (Å²) in [5.74, 6) is -0.0116. The van der Waals surface area contributed by atoms with E-state index in [4.69, 9.17) is 4.74 Å². The molecule has 2 aliphatic rings. The van der Waals surface area contributed by atoms with Gasteiger partial charge in [0, 0.05) is 30.6 Å². The molecule has 7 nitrogen and oxygen atoms in total. The molecular formula is C34H35F3N4O3S. The zero-order valence-electron chi connectivity index (χ0n) is 25.1. The fourth-order valence-electron chi connectivity index (χ4n) is 5.91. The lowest BCUT2D eigenvalue weighted by atomic mass is 9.93. The van der Waals surface area contributed by atoms with Gasteiger partial charge in [0.25, 0.3) is 10.0 Å². The highest BCUT2D eigenvalue weighted by Crippen LogP contribution is 2.60. The molecule has 4 bridgehead atoms. The number of alkyl halides is 3. The topological polar surface area (TPSA) is 93.2 Å². The van der Waals surface area contributed by atoms with Gasteiger partial charge >= 0.3 is 6.18 Å². The van der Waals surface area contributed by atoms with E-state index in [-0.39, 0.29) is 48.5 Å². The maximum atomic E-state index is 13.4. The lowest BCUT2D eigenvalue weighted by Gasteiger charge is -2.21. The fourth-order valence-corrected chi connectivity index (χ4v) is 6.92. The summed E-state index contributed by atoms with van der Waals surface area (Å²) in [6.07, 6.45) is -3.26. The number of nitrogens with zero attached hydrogens (tertiary/aromatic N) is 2. The molecule has 2 heterocycles. The van der Waals surface area contributed by atoms with Gasteiger partial charge in [-0.3, -0.25) is 0 Å². The number of aryl methyl sites for hydroxylation is 3. The Bertz CT molecular complexity index is 1790. The van der Waals surface area contributed by atoms with Crippen LogP contribution >= 0.6 is 0 Å². The first kappa shape index (κ1) is 31.0. The quantitative estimate of drug-likeness (QED) is 0.243. The van der Waals surface area contributed by atoms with E-state index in [9.17, 15) is 21.6 Å². The summed E-state index contributed by atoms with van der Waals surface area (Å²) in [6.45, 7) is 5.08. The first-order chi connectivity index (χ1) is 21.4. The van der Waals surface area contributed by atoms with Crippen LogP contribution in [0.1, 0.15) is 53.0 Å². The first-order valence-corrected chi connectivity index (χ1v) is 16.5. The normalized spacial score (nSPS) is 19.1. The van der Waals surface area contributed by atoms with Gasteiger partial charge in [-0.15, -0.1) is 0 Å². The molecular weight excluding hydrogens is 601 g/mol. The Morgan fingerprint density at radius 3 is 2.36 bits per heavy atom. The Hall–Kier alpha value is -3.96. The molecule has 1 aromatic heterocycles. The molecule has 1 aliphatic heterocycles. The van der Waals surface area contributed by atoms with E-state index in [0.717, 1.165) is 33.4 Å². The molecule has 0 spiro atoms. The maximum absolute atomic E-state index is 13.4. The second kappa shape index (κ2) is 12.1. The highest BCUT2D eigenvalue weighted by atomic mass is 32.2. The van der Waals surface area contributed by atoms with Gasteiger partial charge in [-0.1, -0.05) is 54.6 Å². The van der Waals surface area contributed by atoms with Crippen molar-refractivity contribution in [2.45, 2.75) is 63.1 Å². The van der Waals surface area contributed by atoms with Crippen LogP contribution in [0.25, 0.3) is 11.3 Å². The predicted molar refractivity (Wildman–Crippen MR) is 167 cm³/mol. The van der Waals surface area contributed by atoms with Crippen LogP contribution in [0.5, 0.6) is 5.88 Å². The molecule has 4 aromatic rings. The monoisotopic (exact) mass is 636 g/mol. The SMILES string of the molecule is Cc1cccc(C)c1-c1cc2nc(n1)NS(=O)(=O)c1cccc(c1)CNCC(c1ccc(CCC3(C(F)(F)F)CC3)cc1)CO2.